The van der Waals surface area contributed by atoms with E-state index in [0.29, 0.717) is 6.42 Å². The quantitative estimate of drug-likeness (QED) is 0.0756. The summed E-state index contributed by atoms with van der Waals surface area (Å²) < 4.78 is 47.6. The van der Waals surface area contributed by atoms with Crippen LogP contribution in [0.25, 0.3) is 0 Å². The van der Waals surface area contributed by atoms with Gasteiger partial charge in [0.05, 0.1) is 54.7 Å². The van der Waals surface area contributed by atoms with E-state index < -0.39 is 59.4 Å². The molecule has 1 aliphatic heterocycles. The largest absolute Gasteiger partial charge is 0.495 e. The second-order valence-electron chi connectivity index (χ2n) is 13.5. The normalized spacial score (nSPS) is 19.9. The lowest BCUT2D eigenvalue weighted by Crippen LogP contribution is -2.46. The third kappa shape index (κ3) is 9.25. The van der Waals surface area contributed by atoms with Crippen LogP contribution in [0.5, 0.6) is 5.75 Å². The van der Waals surface area contributed by atoms with Gasteiger partial charge in [-0.3, -0.25) is 9.59 Å². The summed E-state index contributed by atoms with van der Waals surface area (Å²) in [7, 11) is 1.33. The van der Waals surface area contributed by atoms with Gasteiger partial charge in [-0.1, -0.05) is 62.2 Å². The number of aliphatic hydroxyl groups excluding tert-OH is 1. The van der Waals surface area contributed by atoms with Gasteiger partial charge in [-0.25, -0.2) is 13.6 Å². The molecular formula is C37H42Cl2F2N4O7. The van der Waals surface area contributed by atoms with Crippen molar-refractivity contribution in [3.8, 4) is 5.75 Å². The maximum atomic E-state index is 16.0. The maximum Gasteiger partial charge on any atom is 0.338 e. The van der Waals surface area contributed by atoms with Crippen molar-refractivity contribution in [1.82, 2.24) is 10.6 Å². The van der Waals surface area contributed by atoms with Crippen LogP contribution in [-0.4, -0.2) is 81.3 Å². The van der Waals surface area contributed by atoms with Crippen molar-refractivity contribution in [2.45, 2.75) is 50.6 Å². The van der Waals surface area contributed by atoms with Crippen molar-refractivity contribution < 1.29 is 42.5 Å². The molecule has 280 valence electrons. The number of carbonyl (C=O) groups is 3. The Kier molecular flexibility index (Phi) is 13.7. The number of carbonyl (C=O) groups excluding carboxylic acids is 3. The first-order valence-electron chi connectivity index (χ1n) is 16.4. The zero-order valence-electron chi connectivity index (χ0n) is 29.2. The average Bonchev–Trinajstić information content (AvgIpc) is 3.41. The second-order valence-corrected chi connectivity index (χ2v) is 14.3. The van der Waals surface area contributed by atoms with Gasteiger partial charge in [-0.2, -0.15) is 0 Å². The highest BCUT2D eigenvalue weighted by Crippen LogP contribution is 2.52. The van der Waals surface area contributed by atoms with Crippen LogP contribution in [0.15, 0.2) is 54.6 Å². The maximum absolute atomic E-state index is 16.0. The van der Waals surface area contributed by atoms with Crippen LogP contribution in [0.1, 0.15) is 54.6 Å². The molecule has 1 fully saturated rings. The summed E-state index contributed by atoms with van der Waals surface area (Å²) in [5.41, 5.74) is -1.75. The van der Waals surface area contributed by atoms with Gasteiger partial charge in [0.15, 0.2) is 6.61 Å². The predicted molar refractivity (Wildman–Crippen MR) is 194 cm³/mol. The molecule has 15 heteroatoms. The minimum Gasteiger partial charge on any atom is -0.495 e. The zero-order valence-corrected chi connectivity index (χ0v) is 30.7. The Morgan fingerprint density at radius 3 is 2.48 bits per heavy atom. The molecule has 1 heterocycles. The summed E-state index contributed by atoms with van der Waals surface area (Å²) >= 11 is 12.4. The Labute approximate surface area is 310 Å². The first kappa shape index (κ1) is 40.6. The number of rotatable bonds is 15. The van der Waals surface area contributed by atoms with E-state index in [2.05, 4.69) is 16.0 Å². The molecule has 2 amide bonds. The standard InChI is InChI=1S/C37H42Cl2F2N4O7/c1-36(2,3)18-29-37(20-42,24-10-9-22(38)17-26(24)40)31(23-6-5-7-25(39)32(23)41)33(45-29)34(48)44-27-11-8-21(16-28(27)50-4)35(49)52-19-30(47)43-12-14-51-15-13-46/h5-11,16-17,20,29,31,33,42,45-46H,12-15,18-19H2,1-4H3,(H,43,47)(H,44,48)/t29-,31-,33+,37-/m0/s1. The van der Waals surface area contributed by atoms with Gasteiger partial charge >= 0.3 is 5.97 Å². The summed E-state index contributed by atoms with van der Waals surface area (Å²) in [6.45, 7) is 5.64. The van der Waals surface area contributed by atoms with Crippen molar-refractivity contribution >= 4 is 52.9 Å². The number of hydrogen-bond donors (Lipinski definition) is 5. The summed E-state index contributed by atoms with van der Waals surface area (Å²) in [5, 5.41) is 26.1. The summed E-state index contributed by atoms with van der Waals surface area (Å²) in [6.07, 6.45) is 1.41. The Balaban J connectivity index is 1.68. The van der Waals surface area contributed by atoms with E-state index in [1.807, 2.05) is 20.8 Å². The number of esters is 1. The molecular weight excluding hydrogens is 721 g/mol. The van der Waals surface area contributed by atoms with Crippen molar-refractivity contribution in [3.05, 3.63) is 93.0 Å². The van der Waals surface area contributed by atoms with Gasteiger partial charge in [0, 0.05) is 35.3 Å². The van der Waals surface area contributed by atoms with Gasteiger partial charge in [-0.05, 0) is 53.8 Å². The molecule has 4 rings (SSSR count). The SMILES string of the molecule is COc1cc(C(=O)OCC(=O)NCCOCCO)ccc1NC(=O)[C@@H]1N[C@@H](CC(C)(C)C)[C@](C=N)(c2ccc(Cl)cc2F)[C@H]1c1cccc(Cl)c1F. The van der Waals surface area contributed by atoms with Crippen LogP contribution < -0.4 is 20.7 Å². The van der Waals surface area contributed by atoms with Crippen LogP contribution >= 0.6 is 23.2 Å². The molecule has 0 saturated carbocycles. The van der Waals surface area contributed by atoms with Gasteiger partial charge < -0.3 is 40.7 Å². The number of ether oxygens (including phenoxy) is 3. The van der Waals surface area contributed by atoms with Gasteiger partial charge in [0.25, 0.3) is 5.91 Å². The number of halogens is 4. The van der Waals surface area contributed by atoms with Crippen molar-refractivity contribution in [1.29, 1.82) is 5.41 Å². The third-order valence-corrected chi connectivity index (χ3v) is 9.22. The molecule has 0 unspecified atom stereocenters. The van der Waals surface area contributed by atoms with E-state index in [1.165, 1.54) is 55.6 Å². The minimum atomic E-state index is -1.59. The van der Waals surface area contributed by atoms with E-state index in [0.717, 1.165) is 12.3 Å². The Morgan fingerprint density at radius 2 is 1.83 bits per heavy atom. The number of hydrogen-bond acceptors (Lipinski definition) is 9. The number of anilines is 1. The van der Waals surface area contributed by atoms with Crippen LogP contribution in [0.2, 0.25) is 10.0 Å². The molecule has 3 aromatic rings. The van der Waals surface area contributed by atoms with Gasteiger partial charge in [0.2, 0.25) is 5.91 Å². The number of benzene rings is 3. The minimum absolute atomic E-state index is 0.00110. The number of nitrogens with one attached hydrogen (secondary N) is 4. The molecule has 52 heavy (non-hydrogen) atoms. The fraction of sp³-hybridized carbons (Fsp3) is 0.405. The van der Waals surface area contributed by atoms with E-state index in [9.17, 15) is 14.4 Å². The highest BCUT2D eigenvalue weighted by molar-refractivity contribution is 6.31. The Bertz CT molecular complexity index is 1790. The van der Waals surface area contributed by atoms with Gasteiger partial charge in [-0.15, -0.1) is 0 Å². The molecule has 11 nitrogen and oxygen atoms in total. The summed E-state index contributed by atoms with van der Waals surface area (Å²) in [6, 6.07) is 10.5. The van der Waals surface area contributed by atoms with E-state index in [4.69, 9.17) is 47.9 Å². The molecule has 0 aliphatic carbocycles. The number of methoxy groups -OCH3 is 1. The average molecular weight is 764 g/mol. The molecule has 0 spiro atoms. The van der Waals surface area contributed by atoms with Crippen molar-refractivity contribution in [2.24, 2.45) is 5.41 Å². The molecule has 0 radical (unpaired) electrons. The lowest BCUT2D eigenvalue weighted by Gasteiger charge is -2.40. The van der Waals surface area contributed by atoms with Crippen LogP contribution in [0.4, 0.5) is 14.5 Å². The van der Waals surface area contributed by atoms with Crippen LogP contribution in [0, 0.1) is 22.5 Å². The lowest BCUT2D eigenvalue weighted by atomic mass is 9.62. The second kappa shape index (κ2) is 17.6. The molecule has 1 aliphatic rings. The number of amides is 2. The first-order valence-corrected chi connectivity index (χ1v) is 17.2. The highest BCUT2D eigenvalue weighted by Gasteiger charge is 2.59. The smallest absolute Gasteiger partial charge is 0.338 e. The highest BCUT2D eigenvalue weighted by atomic mass is 35.5. The first-order chi connectivity index (χ1) is 24.7. The third-order valence-electron chi connectivity index (χ3n) is 8.69. The molecule has 3 aromatic carbocycles. The monoisotopic (exact) mass is 762 g/mol. The zero-order chi connectivity index (χ0) is 38.2. The van der Waals surface area contributed by atoms with Crippen molar-refractivity contribution in [2.75, 3.05) is 45.4 Å². The fourth-order valence-corrected chi connectivity index (χ4v) is 6.84. The van der Waals surface area contributed by atoms with Crippen molar-refractivity contribution in [3.63, 3.8) is 0 Å². The number of aliphatic hydroxyl groups is 1. The van der Waals surface area contributed by atoms with E-state index in [1.54, 1.807) is 0 Å². The predicted octanol–water partition coefficient (Wildman–Crippen LogP) is 5.65. The van der Waals surface area contributed by atoms with Gasteiger partial charge in [0.1, 0.15) is 17.4 Å². The van der Waals surface area contributed by atoms with E-state index in [-0.39, 0.29) is 70.0 Å². The fourth-order valence-electron chi connectivity index (χ4n) is 6.50. The molecule has 5 N–H and O–H groups in total. The lowest BCUT2D eigenvalue weighted by molar-refractivity contribution is -0.124. The molecule has 4 atom stereocenters. The Hall–Kier alpha value is -4.14. The molecule has 1 saturated heterocycles. The van der Waals surface area contributed by atoms with Crippen LogP contribution in [-0.2, 0) is 24.5 Å². The molecule has 0 bridgehead atoms. The summed E-state index contributed by atoms with van der Waals surface area (Å²) in [4.78, 5) is 39.2. The van der Waals surface area contributed by atoms with Crippen LogP contribution in [0.3, 0.4) is 0 Å². The summed E-state index contributed by atoms with van der Waals surface area (Å²) in [5.74, 6) is -4.69. The topological polar surface area (TPSA) is 159 Å². The molecule has 0 aromatic heterocycles. The Morgan fingerprint density at radius 1 is 1.08 bits per heavy atom. The van der Waals surface area contributed by atoms with E-state index >= 15 is 8.78 Å².